The zero-order valence-corrected chi connectivity index (χ0v) is 8.86. The molecule has 1 fully saturated rings. The Morgan fingerprint density at radius 2 is 2.15 bits per heavy atom. The summed E-state index contributed by atoms with van der Waals surface area (Å²) in [5, 5.41) is -0.106. The van der Waals surface area contributed by atoms with Crippen molar-refractivity contribution in [2.24, 2.45) is 0 Å². The van der Waals surface area contributed by atoms with Crippen molar-refractivity contribution >= 4 is 34.5 Å². The van der Waals surface area contributed by atoms with E-state index in [9.17, 15) is 9.59 Å². The molecule has 0 atom stereocenters. The van der Waals surface area contributed by atoms with Crippen LogP contribution in [0.4, 0.5) is 4.79 Å². The first-order valence-electron chi connectivity index (χ1n) is 4.29. The number of carbonyl (C=O) groups is 2. The molecule has 0 N–H and O–H groups in total. The van der Waals surface area contributed by atoms with Gasteiger partial charge in [0.25, 0.3) is 5.24 Å². The van der Waals surface area contributed by atoms with Crippen LogP contribution in [-0.2, 0) is 4.79 Å². The third-order valence-electron chi connectivity index (χ3n) is 1.83. The number of thioether (sulfide) groups is 1. The van der Waals surface area contributed by atoms with E-state index >= 15 is 0 Å². The van der Waals surface area contributed by atoms with Crippen LogP contribution in [0.5, 0.6) is 0 Å². The molecule has 3 nitrogen and oxygen atoms in total. The van der Waals surface area contributed by atoms with E-state index in [1.807, 2.05) is 0 Å². The minimum Gasteiger partial charge on any atom is -0.274 e. The van der Waals surface area contributed by atoms with Gasteiger partial charge < -0.3 is 0 Å². The summed E-state index contributed by atoms with van der Waals surface area (Å²) in [5.74, 6) is 1.17. The Kier molecular flexibility index (Phi) is 4.59. The third-order valence-corrected chi connectivity index (χ3v) is 2.97. The molecule has 13 heavy (non-hydrogen) atoms. The van der Waals surface area contributed by atoms with Gasteiger partial charge in [0.1, 0.15) is 0 Å². The van der Waals surface area contributed by atoms with Crippen LogP contribution in [0, 0.1) is 0 Å². The standard InChI is InChI=1S/C8H12ClNO2S/c9-4-1-2-5-10-7(11)3-6-13-8(10)12/h1-6H2. The van der Waals surface area contributed by atoms with Crippen molar-refractivity contribution in [3.63, 3.8) is 0 Å². The Bertz CT molecular complexity index is 194. The third kappa shape index (κ3) is 3.19. The van der Waals surface area contributed by atoms with Gasteiger partial charge in [-0.1, -0.05) is 11.8 Å². The molecule has 0 aliphatic carbocycles. The Morgan fingerprint density at radius 3 is 2.77 bits per heavy atom. The van der Waals surface area contributed by atoms with Gasteiger partial charge in [-0.05, 0) is 12.8 Å². The molecule has 0 unspecified atom stereocenters. The second-order valence-corrected chi connectivity index (χ2v) is 4.23. The molecular formula is C8H12ClNO2S. The topological polar surface area (TPSA) is 37.4 Å². The molecule has 1 aliphatic heterocycles. The quantitative estimate of drug-likeness (QED) is 0.539. The number of hydrogen-bond donors (Lipinski definition) is 0. The Balaban J connectivity index is 2.35. The minimum absolute atomic E-state index is 0.0432. The number of unbranched alkanes of at least 4 members (excludes halogenated alkanes) is 1. The molecule has 1 rings (SSSR count). The highest BCUT2D eigenvalue weighted by atomic mass is 35.5. The van der Waals surface area contributed by atoms with Gasteiger partial charge in [-0.2, -0.15) is 0 Å². The van der Waals surface area contributed by atoms with Gasteiger partial charge in [0.05, 0.1) is 0 Å². The van der Waals surface area contributed by atoms with Crippen molar-refractivity contribution in [1.82, 2.24) is 4.90 Å². The van der Waals surface area contributed by atoms with Crippen molar-refractivity contribution in [3.05, 3.63) is 0 Å². The highest BCUT2D eigenvalue weighted by Gasteiger charge is 2.25. The van der Waals surface area contributed by atoms with Crippen molar-refractivity contribution in [3.8, 4) is 0 Å². The predicted octanol–water partition coefficient (Wildman–Crippen LogP) is 2.09. The summed E-state index contributed by atoms with van der Waals surface area (Å²) < 4.78 is 0. The van der Waals surface area contributed by atoms with Gasteiger partial charge in [-0.15, -0.1) is 11.6 Å². The fraction of sp³-hybridized carbons (Fsp3) is 0.750. The summed E-state index contributed by atoms with van der Waals surface area (Å²) in [6, 6.07) is 0. The van der Waals surface area contributed by atoms with Crippen molar-refractivity contribution in [2.45, 2.75) is 19.3 Å². The average molecular weight is 222 g/mol. The molecule has 0 bridgehead atoms. The lowest BCUT2D eigenvalue weighted by molar-refractivity contribution is -0.127. The Labute approximate surface area is 86.8 Å². The van der Waals surface area contributed by atoms with E-state index in [2.05, 4.69) is 0 Å². The summed E-state index contributed by atoms with van der Waals surface area (Å²) in [6.45, 7) is 0.525. The Hall–Kier alpha value is -0.220. The van der Waals surface area contributed by atoms with E-state index in [0.717, 1.165) is 12.8 Å². The molecule has 1 aliphatic rings. The summed E-state index contributed by atoms with van der Waals surface area (Å²) >= 11 is 6.72. The number of nitrogens with zero attached hydrogens (tertiary/aromatic N) is 1. The first kappa shape index (κ1) is 10.9. The summed E-state index contributed by atoms with van der Waals surface area (Å²) in [5.41, 5.74) is 0. The molecule has 1 saturated heterocycles. The highest BCUT2D eigenvalue weighted by Crippen LogP contribution is 2.18. The van der Waals surface area contributed by atoms with Gasteiger partial charge in [0, 0.05) is 24.6 Å². The van der Waals surface area contributed by atoms with Crippen LogP contribution >= 0.6 is 23.4 Å². The summed E-state index contributed by atoms with van der Waals surface area (Å²) in [6.07, 6.45) is 2.14. The lowest BCUT2D eigenvalue weighted by Gasteiger charge is -2.23. The molecule has 0 aromatic carbocycles. The number of carbonyl (C=O) groups excluding carboxylic acids is 2. The van der Waals surface area contributed by atoms with Crippen LogP contribution in [-0.4, -0.2) is 34.2 Å². The molecule has 0 saturated carbocycles. The first-order chi connectivity index (χ1) is 6.25. The SMILES string of the molecule is O=C1CCSC(=O)N1CCCCCl. The molecular weight excluding hydrogens is 210 g/mol. The van der Waals surface area contributed by atoms with Crippen molar-refractivity contribution in [2.75, 3.05) is 18.2 Å². The number of hydrogen-bond acceptors (Lipinski definition) is 3. The molecule has 0 aromatic heterocycles. The number of halogens is 1. The van der Waals surface area contributed by atoms with E-state index in [4.69, 9.17) is 11.6 Å². The summed E-state index contributed by atoms with van der Waals surface area (Å²) in [7, 11) is 0. The molecule has 1 heterocycles. The predicted molar refractivity (Wildman–Crippen MR) is 54.1 cm³/mol. The highest BCUT2D eigenvalue weighted by molar-refractivity contribution is 8.13. The maximum atomic E-state index is 11.3. The van der Waals surface area contributed by atoms with Gasteiger partial charge >= 0.3 is 0 Å². The number of rotatable bonds is 4. The minimum atomic E-state index is -0.106. The monoisotopic (exact) mass is 221 g/mol. The average Bonchev–Trinajstić information content (AvgIpc) is 2.10. The number of imide groups is 1. The van der Waals surface area contributed by atoms with E-state index in [-0.39, 0.29) is 11.1 Å². The largest absolute Gasteiger partial charge is 0.288 e. The second-order valence-electron chi connectivity index (χ2n) is 2.81. The van der Waals surface area contributed by atoms with Gasteiger partial charge in [0.2, 0.25) is 5.91 Å². The summed E-state index contributed by atoms with van der Waals surface area (Å²) in [4.78, 5) is 23.8. The van der Waals surface area contributed by atoms with Crippen molar-refractivity contribution in [1.29, 1.82) is 0 Å². The first-order valence-corrected chi connectivity index (χ1v) is 5.81. The van der Waals surface area contributed by atoms with Crippen LogP contribution in [0.3, 0.4) is 0 Å². The molecule has 0 aromatic rings. The second kappa shape index (κ2) is 5.50. The molecule has 0 radical (unpaired) electrons. The number of amides is 2. The Morgan fingerprint density at radius 1 is 1.38 bits per heavy atom. The van der Waals surface area contributed by atoms with Gasteiger partial charge in [-0.3, -0.25) is 14.5 Å². The van der Waals surface area contributed by atoms with Gasteiger partial charge in [-0.25, -0.2) is 0 Å². The van der Waals surface area contributed by atoms with Crippen LogP contribution in [0.25, 0.3) is 0 Å². The normalized spacial score (nSPS) is 18.1. The molecule has 5 heteroatoms. The lowest BCUT2D eigenvalue weighted by Crippen LogP contribution is -2.38. The van der Waals surface area contributed by atoms with E-state index in [1.54, 1.807) is 0 Å². The van der Waals surface area contributed by atoms with Crippen molar-refractivity contribution < 1.29 is 9.59 Å². The van der Waals surface area contributed by atoms with Crippen LogP contribution < -0.4 is 0 Å². The van der Waals surface area contributed by atoms with E-state index in [0.29, 0.717) is 24.6 Å². The van der Waals surface area contributed by atoms with E-state index in [1.165, 1.54) is 16.7 Å². The maximum Gasteiger partial charge on any atom is 0.288 e. The zero-order chi connectivity index (χ0) is 9.68. The number of alkyl halides is 1. The van der Waals surface area contributed by atoms with Crippen LogP contribution in [0.2, 0.25) is 0 Å². The molecule has 2 amide bonds. The van der Waals surface area contributed by atoms with Gasteiger partial charge in [0.15, 0.2) is 0 Å². The lowest BCUT2D eigenvalue weighted by atomic mass is 10.3. The fourth-order valence-electron chi connectivity index (χ4n) is 1.12. The van der Waals surface area contributed by atoms with E-state index < -0.39 is 0 Å². The molecule has 74 valence electrons. The van der Waals surface area contributed by atoms with Crippen LogP contribution in [0.15, 0.2) is 0 Å². The fourth-order valence-corrected chi connectivity index (χ4v) is 2.11. The smallest absolute Gasteiger partial charge is 0.274 e. The zero-order valence-electron chi connectivity index (χ0n) is 7.29. The molecule has 0 spiro atoms. The maximum absolute atomic E-state index is 11.3. The van der Waals surface area contributed by atoms with Crippen LogP contribution in [0.1, 0.15) is 19.3 Å².